The Kier molecular flexibility index (Phi) is 4.60. The topological polar surface area (TPSA) is 32.3 Å². The molecule has 1 aliphatic rings. The molecule has 1 rings (SSSR count). The summed E-state index contributed by atoms with van der Waals surface area (Å²) in [6.07, 6.45) is 4.61. The number of rotatable bonds is 4. The summed E-state index contributed by atoms with van der Waals surface area (Å²) in [5.41, 5.74) is 0.486. The van der Waals surface area contributed by atoms with Gasteiger partial charge in [-0.3, -0.25) is 0 Å². The highest BCUT2D eigenvalue weighted by molar-refractivity contribution is 4.86. The minimum atomic E-state index is -0.175. The molecule has 0 aromatic carbocycles. The van der Waals surface area contributed by atoms with E-state index < -0.39 is 0 Å². The summed E-state index contributed by atoms with van der Waals surface area (Å²) in [6, 6.07) is 0.655. The molecule has 15 heavy (non-hydrogen) atoms. The first-order valence-electron chi connectivity index (χ1n) is 6.30. The highest BCUT2D eigenvalue weighted by Crippen LogP contribution is 2.38. The summed E-state index contributed by atoms with van der Waals surface area (Å²) in [7, 11) is 0. The van der Waals surface area contributed by atoms with Crippen molar-refractivity contribution in [2.75, 3.05) is 6.54 Å². The van der Waals surface area contributed by atoms with Crippen LogP contribution in [0, 0.1) is 11.3 Å². The van der Waals surface area contributed by atoms with Gasteiger partial charge in [0.2, 0.25) is 0 Å². The van der Waals surface area contributed by atoms with Crippen LogP contribution in [0.5, 0.6) is 0 Å². The standard InChI is InChI=1S/C13H27NO/c1-10-7-12(9-13(3,4)8-10)14-6-5-11(2)15/h10-12,14-15H,5-9H2,1-4H3/t10-,11-,12+/m0/s1. The zero-order valence-corrected chi connectivity index (χ0v) is 10.7. The van der Waals surface area contributed by atoms with Gasteiger partial charge in [-0.25, -0.2) is 0 Å². The maximum absolute atomic E-state index is 9.20. The lowest BCUT2D eigenvalue weighted by Gasteiger charge is -2.39. The molecule has 0 aromatic rings. The fraction of sp³-hybridized carbons (Fsp3) is 1.00. The number of hydrogen-bond donors (Lipinski definition) is 2. The molecule has 0 aromatic heterocycles. The number of nitrogens with one attached hydrogen (secondary N) is 1. The molecule has 0 spiro atoms. The van der Waals surface area contributed by atoms with Crippen LogP contribution in [0.15, 0.2) is 0 Å². The van der Waals surface area contributed by atoms with Crippen molar-refractivity contribution in [2.24, 2.45) is 11.3 Å². The molecule has 3 atom stereocenters. The second-order valence-electron chi connectivity index (χ2n) is 6.20. The Bertz CT molecular complexity index is 189. The van der Waals surface area contributed by atoms with Crippen molar-refractivity contribution in [3.63, 3.8) is 0 Å². The van der Waals surface area contributed by atoms with Crippen molar-refractivity contribution in [3.8, 4) is 0 Å². The van der Waals surface area contributed by atoms with Crippen molar-refractivity contribution in [3.05, 3.63) is 0 Å². The van der Waals surface area contributed by atoms with Gasteiger partial charge in [-0.05, 0) is 50.5 Å². The van der Waals surface area contributed by atoms with E-state index in [0.717, 1.165) is 18.9 Å². The first-order valence-corrected chi connectivity index (χ1v) is 6.30. The Labute approximate surface area is 94.5 Å². The Morgan fingerprint density at radius 3 is 2.60 bits per heavy atom. The Hall–Kier alpha value is -0.0800. The van der Waals surface area contributed by atoms with Crippen LogP contribution in [-0.2, 0) is 0 Å². The summed E-state index contributed by atoms with van der Waals surface area (Å²) >= 11 is 0. The maximum Gasteiger partial charge on any atom is 0.0524 e. The molecule has 0 unspecified atom stereocenters. The summed E-state index contributed by atoms with van der Waals surface area (Å²) in [4.78, 5) is 0. The van der Waals surface area contributed by atoms with Crippen LogP contribution in [0.4, 0.5) is 0 Å². The lowest BCUT2D eigenvalue weighted by Crippen LogP contribution is -2.40. The molecule has 1 saturated carbocycles. The first kappa shape index (κ1) is 13.0. The molecule has 2 N–H and O–H groups in total. The highest BCUT2D eigenvalue weighted by Gasteiger charge is 2.31. The third-order valence-electron chi connectivity index (χ3n) is 3.38. The van der Waals surface area contributed by atoms with Gasteiger partial charge in [0.15, 0.2) is 0 Å². The van der Waals surface area contributed by atoms with Gasteiger partial charge in [-0.15, -0.1) is 0 Å². The molecule has 0 saturated heterocycles. The van der Waals surface area contributed by atoms with Crippen molar-refractivity contribution in [1.29, 1.82) is 0 Å². The molecular formula is C13H27NO. The smallest absolute Gasteiger partial charge is 0.0524 e. The van der Waals surface area contributed by atoms with Gasteiger partial charge in [-0.2, -0.15) is 0 Å². The minimum absolute atomic E-state index is 0.175. The molecule has 0 aliphatic heterocycles. The van der Waals surface area contributed by atoms with Gasteiger partial charge in [0.25, 0.3) is 0 Å². The normalized spacial score (nSPS) is 32.6. The van der Waals surface area contributed by atoms with E-state index >= 15 is 0 Å². The average molecular weight is 213 g/mol. The molecule has 0 heterocycles. The predicted octanol–water partition coefficient (Wildman–Crippen LogP) is 2.56. The molecule has 0 radical (unpaired) electrons. The fourth-order valence-corrected chi connectivity index (χ4v) is 3.00. The zero-order valence-electron chi connectivity index (χ0n) is 10.7. The molecular weight excluding hydrogens is 186 g/mol. The molecule has 0 amide bonds. The third kappa shape index (κ3) is 4.98. The second kappa shape index (κ2) is 5.31. The van der Waals surface area contributed by atoms with Crippen LogP contribution < -0.4 is 5.32 Å². The Balaban J connectivity index is 2.29. The number of aliphatic hydroxyl groups is 1. The lowest BCUT2D eigenvalue weighted by atomic mass is 9.70. The summed E-state index contributed by atoms with van der Waals surface area (Å²) in [5, 5.41) is 12.8. The monoisotopic (exact) mass is 213 g/mol. The molecule has 2 nitrogen and oxygen atoms in total. The van der Waals surface area contributed by atoms with Crippen molar-refractivity contribution < 1.29 is 5.11 Å². The highest BCUT2D eigenvalue weighted by atomic mass is 16.3. The van der Waals surface area contributed by atoms with Crippen LogP contribution >= 0.6 is 0 Å². The Morgan fingerprint density at radius 2 is 2.07 bits per heavy atom. The summed E-state index contributed by atoms with van der Waals surface area (Å²) in [6.45, 7) is 9.89. The molecule has 0 bridgehead atoms. The van der Waals surface area contributed by atoms with Gasteiger partial charge in [0, 0.05) is 6.04 Å². The lowest BCUT2D eigenvalue weighted by molar-refractivity contribution is 0.143. The van der Waals surface area contributed by atoms with Crippen molar-refractivity contribution in [2.45, 2.75) is 65.5 Å². The van der Waals surface area contributed by atoms with Crippen LogP contribution in [0.25, 0.3) is 0 Å². The number of hydrogen-bond acceptors (Lipinski definition) is 2. The second-order valence-corrected chi connectivity index (χ2v) is 6.20. The van der Waals surface area contributed by atoms with E-state index in [-0.39, 0.29) is 6.10 Å². The quantitative estimate of drug-likeness (QED) is 0.752. The van der Waals surface area contributed by atoms with Gasteiger partial charge in [0.1, 0.15) is 0 Å². The van der Waals surface area contributed by atoms with Crippen molar-refractivity contribution >= 4 is 0 Å². The van der Waals surface area contributed by atoms with E-state index in [1.54, 1.807) is 0 Å². The fourth-order valence-electron chi connectivity index (χ4n) is 3.00. The van der Waals surface area contributed by atoms with E-state index in [4.69, 9.17) is 0 Å². The minimum Gasteiger partial charge on any atom is -0.393 e. The molecule has 90 valence electrons. The van der Waals surface area contributed by atoms with Gasteiger partial charge in [-0.1, -0.05) is 20.8 Å². The third-order valence-corrected chi connectivity index (χ3v) is 3.38. The summed E-state index contributed by atoms with van der Waals surface area (Å²) in [5.74, 6) is 0.831. The van der Waals surface area contributed by atoms with Crippen LogP contribution in [-0.4, -0.2) is 23.8 Å². The van der Waals surface area contributed by atoms with Gasteiger partial charge < -0.3 is 10.4 Å². The van der Waals surface area contributed by atoms with E-state index in [1.165, 1.54) is 19.3 Å². The largest absolute Gasteiger partial charge is 0.393 e. The SMILES string of the molecule is C[C@H]1C[C@@H](NCC[C@H](C)O)CC(C)(C)C1. The van der Waals surface area contributed by atoms with E-state index in [2.05, 4.69) is 26.1 Å². The van der Waals surface area contributed by atoms with E-state index in [9.17, 15) is 5.11 Å². The average Bonchev–Trinajstić information content (AvgIpc) is 1.98. The van der Waals surface area contributed by atoms with E-state index in [0.29, 0.717) is 11.5 Å². The molecule has 1 fully saturated rings. The van der Waals surface area contributed by atoms with E-state index in [1.807, 2.05) is 6.92 Å². The van der Waals surface area contributed by atoms with Gasteiger partial charge in [0.05, 0.1) is 6.10 Å². The predicted molar refractivity (Wildman–Crippen MR) is 64.9 cm³/mol. The molecule has 1 aliphatic carbocycles. The Morgan fingerprint density at radius 1 is 1.40 bits per heavy atom. The van der Waals surface area contributed by atoms with Crippen molar-refractivity contribution in [1.82, 2.24) is 5.32 Å². The summed E-state index contributed by atoms with van der Waals surface area (Å²) < 4.78 is 0. The first-order chi connectivity index (χ1) is 6.89. The molecule has 2 heteroatoms. The van der Waals surface area contributed by atoms with Gasteiger partial charge >= 0.3 is 0 Å². The number of aliphatic hydroxyl groups excluding tert-OH is 1. The van der Waals surface area contributed by atoms with Crippen LogP contribution in [0.3, 0.4) is 0 Å². The van der Waals surface area contributed by atoms with Crippen LogP contribution in [0.1, 0.15) is 53.4 Å². The zero-order chi connectivity index (χ0) is 11.5. The van der Waals surface area contributed by atoms with Crippen LogP contribution in [0.2, 0.25) is 0 Å². The maximum atomic E-state index is 9.20.